The maximum absolute atomic E-state index is 13.4. The summed E-state index contributed by atoms with van der Waals surface area (Å²) in [5.41, 5.74) is 0.315. The predicted octanol–water partition coefficient (Wildman–Crippen LogP) is 3.09. The number of rotatable bonds is 7. The molecule has 0 N–H and O–H groups in total. The summed E-state index contributed by atoms with van der Waals surface area (Å²) in [6, 6.07) is 12.8. The van der Waals surface area contributed by atoms with Crippen LogP contribution in [0.3, 0.4) is 0 Å². The van der Waals surface area contributed by atoms with Crippen LogP contribution in [0.4, 0.5) is 0 Å². The molecule has 0 aliphatic rings. The summed E-state index contributed by atoms with van der Waals surface area (Å²) in [6.07, 6.45) is 0. The van der Waals surface area contributed by atoms with E-state index in [9.17, 15) is 13.2 Å². The molecule has 2 aromatic carbocycles. The Labute approximate surface area is 178 Å². The molecule has 1 atom stereocenters. The lowest BCUT2D eigenvalue weighted by atomic mass is 10.2. The molecular weight excluding hydrogens is 458 g/mol. The molecule has 0 aliphatic carbocycles. The third-order valence-electron chi connectivity index (χ3n) is 4.76. The van der Waals surface area contributed by atoms with Crippen LogP contribution in [0.2, 0.25) is 0 Å². The van der Waals surface area contributed by atoms with Gasteiger partial charge in [-0.1, -0.05) is 28.1 Å². The molecule has 0 amide bonds. The number of para-hydroxylation sites is 1. The van der Waals surface area contributed by atoms with Crippen molar-refractivity contribution in [2.24, 2.45) is 7.05 Å². The largest absolute Gasteiger partial charge is 0.383 e. The summed E-state index contributed by atoms with van der Waals surface area (Å²) in [4.78, 5) is 17.5. The molecule has 0 saturated heterocycles. The lowest BCUT2D eigenvalue weighted by Crippen LogP contribution is -2.39. The van der Waals surface area contributed by atoms with Crippen molar-refractivity contribution in [2.75, 3.05) is 20.3 Å². The number of ether oxygens (including phenoxy) is 1. The van der Waals surface area contributed by atoms with Gasteiger partial charge < -0.3 is 4.74 Å². The average Bonchev–Trinajstić information content (AvgIpc) is 2.71. The molecule has 1 aromatic heterocycles. The fourth-order valence-corrected chi connectivity index (χ4v) is 5.02. The van der Waals surface area contributed by atoms with Gasteiger partial charge in [-0.25, -0.2) is 13.4 Å². The van der Waals surface area contributed by atoms with E-state index < -0.39 is 16.1 Å². The van der Waals surface area contributed by atoms with Crippen LogP contribution >= 0.6 is 15.9 Å². The first kappa shape index (κ1) is 21.6. The zero-order chi connectivity index (χ0) is 21.2. The Balaban J connectivity index is 2.12. The van der Waals surface area contributed by atoms with Crippen molar-refractivity contribution in [1.82, 2.24) is 13.9 Å². The highest BCUT2D eigenvalue weighted by Crippen LogP contribution is 2.27. The van der Waals surface area contributed by atoms with Crippen LogP contribution < -0.4 is 5.56 Å². The van der Waals surface area contributed by atoms with Crippen LogP contribution in [-0.2, 0) is 21.8 Å². The minimum Gasteiger partial charge on any atom is -0.383 e. The molecular formula is C20H22BrN3O4S. The number of halogens is 1. The minimum absolute atomic E-state index is 0.124. The Morgan fingerprint density at radius 1 is 1.17 bits per heavy atom. The molecule has 3 aromatic rings. The van der Waals surface area contributed by atoms with Crippen LogP contribution in [-0.4, -0.2) is 42.5 Å². The highest BCUT2D eigenvalue weighted by atomic mass is 79.9. The Bertz CT molecular complexity index is 1180. The van der Waals surface area contributed by atoms with Gasteiger partial charge in [-0.3, -0.25) is 9.36 Å². The number of fused-ring (bicyclic) bond motifs is 1. The van der Waals surface area contributed by atoms with Gasteiger partial charge in [0.25, 0.3) is 5.56 Å². The van der Waals surface area contributed by atoms with E-state index in [4.69, 9.17) is 4.74 Å². The molecule has 0 bridgehead atoms. The topological polar surface area (TPSA) is 81.5 Å². The van der Waals surface area contributed by atoms with E-state index in [1.54, 1.807) is 62.5 Å². The summed E-state index contributed by atoms with van der Waals surface area (Å²) in [6.45, 7) is 2.06. The van der Waals surface area contributed by atoms with E-state index >= 15 is 0 Å². The maximum atomic E-state index is 13.4. The van der Waals surface area contributed by atoms with Crippen molar-refractivity contribution in [3.8, 4) is 0 Å². The van der Waals surface area contributed by atoms with E-state index in [0.29, 0.717) is 16.7 Å². The molecule has 29 heavy (non-hydrogen) atoms. The molecule has 0 spiro atoms. The fraction of sp³-hybridized carbons (Fsp3) is 0.300. The first-order valence-electron chi connectivity index (χ1n) is 8.99. The third kappa shape index (κ3) is 4.28. The van der Waals surface area contributed by atoms with Crippen LogP contribution in [0.1, 0.15) is 18.8 Å². The Hall–Kier alpha value is -2.07. The molecule has 1 unspecified atom stereocenters. The molecule has 9 heteroatoms. The second-order valence-electron chi connectivity index (χ2n) is 6.59. The van der Waals surface area contributed by atoms with Gasteiger partial charge in [0.15, 0.2) is 0 Å². The van der Waals surface area contributed by atoms with Crippen LogP contribution in [0.15, 0.2) is 62.7 Å². The maximum Gasteiger partial charge on any atom is 0.261 e. The van der Waals surface area contributed by atoms with Crippen molar-refractivity contribution in [2.45, 2.75) is 17.9 Å². The number of sulfonamides is 1. The van der Waals surface area contributed by atoms with E-state index in [0.717, 1.165) is 4.47 Å². The van der Waals surface area contributed by atoms with Gasteiger partial charge in [0.1, 0.15) is 5.82 Å². The average molecular weight is 480 g/mol. The summed E-state index contributed by atoms with van der Waals surface area (Å²) in [5.74, 6) is 0.366. The Kier molecular flexibility index (Phi) is 6.52. The van der Waals surface area contributed by atoms with Crippen LogP contribution in [0.25, 0.3) is 10.9 Å². The SMILES string of the molecule is COCCN(C(C)c1nc2ccccc2c(=O)n1C)S(=O)(=O)c1ccc(Br)cc1. The van der Waals surface area contributed by atoms with Crippen molar-refractivity contribution < 1.29 is 13.2 Å². The van der Waals surface area contributed by atoms with Gasteiger partial charge in [-0.15, -0.1) is 0 Å². The van der Waals surface area contributed by atoms with E-state index in [-0.39, 0.29) is 23.6 Å². The summed E-state index contributed by atoms with van der Waals surface area (Å²) < 4.78 is 35.4. The van der Waals surface area contributed by atoms with Crippen LogP contribution in [0, 0.1) is 0 Å². The Morgan fingerprint density at radius 2 is 1.83 bits per heavy atom. The monoisotopic (exact) mass is 479 g/mol. The van der Waals surface area contributed by atoms with Crippen molar-refractivity contribution in [3.63, 3.8) is 0 Å². The van der Waals surface area contributed by atoms with Gasteiger partial charge in [0.05, 0.1) is 28.4 Å². The second kappa shape index (κ2) is 8.74. The lowest BCUT2D eigenvalue weighted by Gasteiger charge is -2.29. The fourth-order valence-electron chi connectivity index (χ4n) is 3.18. The zero-order valence-corrected chi connectivity index (χ0v) is 18.8. The summed E-state index contributed by atoms with van der Waals surface area (Å²) in [5, 5.41) is 0.491. The lowest BCUT2D eigenvalue weighted by molar-refractivity contribution is 0.166. The number of methoxy groups -OCH3 is 1. The summed E-state index contributed by atoms with van der Waals surface area (Å²) >= 11 is 3.32. The number of hydrogen-bond acceptors (Lipinski definition) is 5. The van der Waals surface area contributed by atoms with Crippen molar-refractivity contribution in [3.05, 3.63) is 69.2 Å². The normalized spacial score (nSPS) is 13.1. The molecule has 1 heterocycles. The number of aromatic nitrogens is 2. The first-order chi connectivity index (χ1) is 13.8. The number of hydrogen-bond donors (Lipinski definition) is 0. The molecule has 7 nitrogen and oxygen atoms in total. The first-order valence-corrected chi connectivity index (χ1v) is 11.2. The highest BCUT2D eigenvalue weighted by molar-refractivity contribution is 9.10. The van der Waals surface area contributed by atoms with Gasteiger partial charge in [-0.05, 0) is 43.3 Å². The molecule has 0 saturated carbocycles. The molecule has 0 fully saturated rings. The van der Waals surface area contributed by atoms with Gasteiger partial charge in [0.2, 0.25) is 10.0 Å². The highest BCUT2D eigenvalue weighted by Gasteiger charge is 2.32. The predicted molar refractivity (Wildman–Crippen MR) is 115 cm³/mol. The Morgan fingerprint density at radius 3 is 2.48 bits per heavy atom. The molecule has 0 radical (unpaired) electrons. The van der Waals surface area contributed by atoms with E-state index in [2.05, 4.69) is 20.9 Å². The molecule has 3 rings (SSSR count). The van der Waals surface area contributed by atoms with Crippen molar-refractivity contribution >= 4 is 36.9 Å². The number of nitrogens with zero attached hydrogens (tertiary/aromatic N) is 3. The number of benzene rings is 2. The van der Waals surface area contributed by atoms with E-state index in [1.807, 2.05) is 0 Å². The zero-order valence-electron chi connectivity index (χ0n) is 16.4. The second-order valence-corrected chi connectivity index (χ2v) is 9.40. The summed E-state index contributed by atoms with van der Waals surface area (Å²) in [7, 11) is -0.725. The van der Waals surface area contributed by atoms with Gasteiger partial charge in [0, 0.05) is 25.2 Å². The van der Waals surface area contributed by atoms with E-state index in [1.165, 1.54) is 16.0 Å². The standard InChI is InChI=1S/C20H22BrN3O4S/c1-14(19-22-18-7-5-4-6-17(18)20(25)23(19)2)24(12-13-28-3)29(26,27)16-10-8-15(21)9-11-16/h4-11,14H,12-13H2,1-3H3. The van der Waals surface area contributed by atoms with Gasteiger partial charge in [-0.2, -0.15) is 4.31 Å². The third-order valence-corrected chi connectivity index (χ3v) is 7.27. The smallest absolute Gasteiger partial charge is 0.261 e. The van der Waals surface area contributed by atoms with Crippen LogP contribution in [0.5, 0.6) is 0 Å². The van der Waals surface area contributed by atoms with Gasteiger partial charge >= 0.3 is 0 Å². The minimum atomic E-state index is -3.84. The quantitative estimate of drug-likeness (QED) is 0.519. The molecule has 154 valence electrons. The van der Waals surface area contributed by atoms with Crippen molar-refractivity contribution in [1.29, 1.82) is 0 Å². The molecule has 0 aliphatic heterocycles.